The van der Waals surface area contributed by atoms with E-state index >= 15 is 0 Å². The normalized spacial score (nSPS) is 22.4. The number of nitrogens with one attached hydrogen (secondary N) is 2. The maximum Gasteiger partial charge on any atom is 0.145 e. The number of rotatable bonds is 8. The van der Waals surface area contributed by atoms with Crippen molar-refractivity contribution in [3.05, 3.63) is 48.9 Å². The van der Waals surface area contributed by atoms with Crippen LogP contribution in [0.3, 0.4) is 0 Å². The number of aromatic nitrogens is 4. The fraction of sp³-hybridized carbons (Fsp3) is 0.444. The first kappa shape index (κ1) is 21.2. The summed E-state index contributed by atoms with van der Waals surface area (Å²) >= 11 is 0. The highest BCUT2D eigenvalue weighted by Gasteiger charge is 2.33. The Morgan fingerprint density at radius 2 is 1.97 bits per heavy atom. The van der Waals surface area contributed by atoms with Crippen molar-refractivity contribution in [1.82, 2.24) is 19.5 Å². The van der Waals surface area contributed by atoms with Gasteiger partial charge in [-0.1, -0.05) is 6.92 Å². The lowest BCUT2D eigenvalue weighted by molar-refractivity contribution is 0.220. The standard InChI is InChI=1S/C27H32N6O/c1-17-11-21(33-10-9-23-26(28-2)30-16-31-27(23)33)12-20(17)15-34-22-7-5-19-6-8-25(32-24(19)13-22)29-14-18-3-4-18/h5-10,13,16-18,20-21H,3-4,11-12,14-15H2,1-2H3,(H,29,32)(H,28,30,31). The molecule has 2 saturated carbocycles. The quantitative estimate of drug-likeness (QED) is 0.364. The summed E-state index contributed by atoms with van der Waals surface area (Å²) in [5, 5.41) is 8.85. The van der Waals surface area contributed by atoms with Gasteiger partial charge in [-0.3, -0.25) is 0 Å². The highest BCUT2D eigenvalue weighted by molar-refractivity contribution is 5.87. The molecule has 7 heteroatoms. The molecule has 176 valence electrons. The molecule has 0 radical (unpaired) electrons. The Morgan fingerprint density at radius 1 is 1.09 bits per heavy atom. The molecule has 6 rings (SSSR count). The van der Waals surface area contributed by atoms with Crippen LogP contribution in [0.4, 0.5) is 11.6 Å². The summed E-state index contributed by atoms with van der Waals surface area (Å²) in [6.45, 7) is 4.08. The molecule has 1 aromatic carbocycles. The zero-order chi connectivity index (χ0) is 23.1. The largest absolute Gasteiger partial charge is 0.493 e. The van der Waals surface area contributed by atoms with E-state index in [-0.39, 0.29) is 0 Å². The van der Waals surface area contributed by atoms with Crippen molar-refractivity contribution in [3.63, 3.8) is 0 Å². The van der Waals surface area contributed by atoms with Gasteiger partial charge in [0.1, 0.15) is 29.4 Å². The molecular weight excluding hydrogens is 424 g/mol. The van der Waals surface area contributed by atoms with Crippen LogP contribution in [0.25, 0.3) is 21.9 Å². The van der Waals surface area contributed by atoms with E-state index in [0.29, 0.717) is 17.9 Å². The molecule has 0 bridgehead atoms. The predicted molar refractivity (Wildman–Crippen MR) is 136 cm³/mol. The van der Waals surface area contributed by atoms with E-state index in [9.17, 15) is 0 Å². The first-order valence-corrected chi connectivity index (χ1v) is 12.4. The molecule has 0 spiro atoms. The molecule has 4 aromatic rings. The second-order valence-corrected chi connectivity index (χ2v) is 9.98. The predicted octanol–water partition coefficient (Wildman–Crippen LogP) is 5.51. The van der Waals surface area contributed by atoms with Gasteiger partial charge in [0.25, 0.3) is 0 Å². The third-order valence-corrected chi connectivity index (χ3v) is 7.56. The van der Waals surface area contributed by atoms with Crippen LogP contribution in [0, 0.1) is 17.8 Å². The van der Waals surface area contributed by atoms with Gasteiger partial charge in [-0.25, -0.2) is 15.0 Å². The molecule has 3 heterocycles. The van der Waals surface area contributed by atoms with Crippen LogP contribution >= 0.6 is 0 Å². The van der Waals surface area contributed by atoms with E-state index in [4.69, 9.17) is 9.72 Å². The van der Waals surface area contributed by atoms with Gasteiger partial charge >= 0.3 is 0 Å². The Bertz CT molecular complexity index is 1310. The van der Waals surface area contributed by atoms with Gasteiger partial charge in [-0.15, -0.1) is 0 Å². The van der Waals surface area contributed by atoms with E-state index in [1.165, 1.54) is 12.8 Å². The summed E-state index contributed by atoms with van der Waals surface area (Å²) in [5.74, 6) is 4.64. The molecule has 2 aliphatic rings. The molecule has 3 unspecified atom stereocenters. The lowest BCUT2D eigenvalue weighted by Crippen LogP contribution is -2.14. The van der Waals surface area contributed by atoms with Crippen molar-refractivity contribution in [2.75, 3.05) is 30.8 Å². The van der Waals surface area contributed by atoms with Crippen LogP contribution in [-0.2, 0) is 0 Å². The van der Waals surface area contributed by atoms with Crippen LogP contribution in [-0.4, -0.2) is 39.7 Å². The second-order valence-electron chi connectivity index (χ2n) is 9.98. The molecule has 2 aliphatic carbocycles. The van der Waals surface area contributed by atoms with Crippen LogP contribution in [0.5, 0.6) is 5.75 Å². The Morgan fingerprint density at radius 3 is 2.82 bits per heavy atom. The molecule has 3 aromatic heterocycles. The topological polar surface area (TPSA) is 76.9 Å². The van der Waals surface area contributed by atoms with Crippen molar-refractivity contribution in [1.29, 1.82) is 0 Å². The van der Waals surface area contributed by atoms with Crippen molar-refractivity contribution < 1.29 is 4.74 Å². The van der Waals surface area contributed by atoms with Crippen LogP contribution in [0.15, 0.2) is 48.9 Å². The Kier molecular flexibility index (Phi) is 5.47. The average molecular weight is 457 g/mol. The lowest BCUT2D eigenvalue weighted by Gasteiger charge is -2.16. The van der Waals surface area contributed by atoms with Gasteiger partial charge < -0.3 is 19.9 Å². The summed E-state index contributed by atoms with van der Waals surface area (Å²) in [6.07, 6.45) is 8.69. The Balaban J connectivity index is 1.13. The minimum atomic E-state index is 0.430. The molecule has 0 amide bonds. The monoisotopic (exact) mass is 456 g/mol. The zero-order valence-electron chi connectivity index (χ0n) is 19.9. The fourth-order valence-electron chi connectivity index (χ4n) is 5.28. The maximum atomic E-state index is 6.30. The van der Waals surface area contributed by atoms with Gasteiger partial charge in [0.15, 0.2) is 0 Å². The molecule has 0 saturated heterocycles. The molecule has 2 fully saturated rings. The third-order valence-electron chi connectivity index (χ3n) is 7.56. The third kappa shape index (κ3) is 4.15. The second kappa shape index (κ2) is 8.78. The van der Waals surface area contributed by atoms with Crippen molar-refractivity contribution in [3.8, 4) is 5.75 Å². The molecule has 7 nitrogen and oxygen atoms in total. The van der Waals surface area contributed by atoms with Crippen LogP contribution in [0.2, 0.25) is 0 Å². The first-order chi connectivity index (χ1) is 16.7. The highest BCUT2D eigenvalue weighted by atomic mass is 16.5. The first-order valence-electron chi connectivity index (χ1n) is 12.4. The number of fused-ring (bicyclic) bond motifs is 2. The Labute approximate surface area is 200 Å². The summed E-state index contributed by atoms with van der Waals surface area (Å²) in [5.41, 5.74) is 1.99. The van der Waals surface area contributed by atoms with Gasteiger partial charge in [-0.2, -0.15) is 0 Å². The zero-order valence-corrected chi connectivity index (χ0v) is 19.9. The van der Waals surface area contributed by atoms with Crippen molar-refractivity contribution in [2.24, 2.45) is 17.8 Å². The number of benzene rings is 1. The SMILES string of the molecule is CNc1ncnc2c1ccn2C1CC(C)C(COc2ccc3ccc(NCC4CC4)nc3c2)C1. The average Bonchev–Trinajstić information content (AvgIpc) is 3.48. The summed E-state index contributed by atoms with van der Waals surface area (Å²) in [7, 11) is 1.90. The number of hydrogen-bond acceptors (Lipinski definition) is 6. The van der Waals surface area contributed by atoms with Gasteiger partial charge in [0.05, 0.1) is 17.5 Å². The summed E-state index contributed by atoms with van der Waals surface area (Å²) in [6, 6.07) is 13.0. The van der Waals surface area contributed by atoms with E-state index in [2.05, 4.69) is 74.7 Å². The minimum absolute atomic E-state index is 0.430. The van der Waals surface area contributed by atoms with Gasteiger partial charge in [0, 0.05) is 37.3 Å². The molecular formula is C27H32N6O. The van der Waals surface area contributed by atoms with Crippen molar-refractivity contribution in [2.45, 2.75) is 38.6 Å². The fourth-order valence-corrected chi connectivity index (χ4v) is 5.28. The number of anilines is 2. The summed E-state index contributed by atoms with van der Waals surface area (Å²) in [4.78, 5) is 13.7. The van der Waals surface area contributed by atoms with Gasteiger partial charge in [0.2, 0.25) is 0 Å². The van der Waals surface area contributed by atoms with Gasteiger partial charge in [-0.05, 0) is 73.8 Å². The highest BCUT2D eigenvalue weighted by Crippen LogP contribution is 2.41. The van der Waals surface area contributed by atoms with E-state index < -0.39 is 0 Å². The molecule has 34 heavy (non-hydrogen) atoms. The number of ether oxygens (including phenoxy) is 1. The van der Waals surface area contributed by atoms with E-state index in [0.717, 1.165) is 71.2 Å². The van der Waals surface area contributed by atoms with E-state index in [1.807, 2.05) is 7.05 Å². The minimum Gasteiger partial charge on any atom is -0.493 e. The molecule has 0 aliphatic heterocycles. The van der Waals surface area contributed by atoms with Crippen LogP contribution in [0.1, 0.15) is 38.6 Å². The van der Waals surface area contributed by atoms with E-state index in [1.54, 1.807) is 6.33 Å². The number of nitrogens with zero attached hydrogens (tertiary/aromatic N) is 4. The summed E-state index contributed by atoms with van der Waals surface area (Å²) < 4.78 is 8.62. The van der Waals surface area contributed by atoms with Crippen LogP contribution < -0.4 is 15.4 Å². The van der Waals surface area contributed by atoms with Crippen molar-refractivity contribution >= 4 is 33.6 Å². The lowest BCUT2D eigenvalue weighted by atomic mass is 9.99. The Hall–Kier alpha value is -3.35. The molecule has 3 atom stereocenters. The smallest absolute Gasteiger partial charge is 0.145 e. The maximum absolute atomic E-state index is 6.30. The number of pyridine rings is 1. The molecule has 2 N–H and O–H groups in total. The number of hydrogen-bond donors (Lipinski definition) is 2.